The third kappa shape index (κ3) is 4.21. The predicted molar refractivity (Wildman–Crippen MR) is 119 cm³/mol. The van der Waals surface area contributed by atoms with Gasteiger partial charge in [-0.05, 0) is 85.7 Å². The molecule has 2 N–H and O–H groups in total. The maximum atomic E-state index is 13.5. The van der Waals surface area contributed by atoms with E-state index in [0.717, 1.165) is 11.1 Å². The van der Waals surface area contributed by atoms with Gasteiger partial charge in [-0.2, -0.15) is 0 Å². The zero-order valence-electron chi connectivity index (χ0n) is 16.3. The molecule has 5 nitrogen and oxygen atoms in total. The number of aromatic nitrogens is 1. The van der Waals surface area contributed by atoms with E-state index in [2.05, 4.69) is 15.6 Å². The van der Waals surface area contributed by atoms with Crippen LogP contribution in [-0.4, -0.2) is 16.0 Å². The normalized spacial score (nSPS) is 10.8. The van der Waals surface area contributed by atoms with Crippen LogP contribution in [0.2, 0.25) is 0 Å². The fourth-order valence-electron chi connectivity index (χ4n) is 2.97. The van der Waals surface area contributed by atoms with Gasteiger partial charge < -0.3 is 9.73 Å². The van der Waals surface area contributed by atoms with E-state index >= 15 is 0 Å². The molecule has 0 aliphatic carbocycles. The summed E-state index contributed by atoms with van der Waals surface area (Å²) in [4.78, 5) is 16.8. The standard InChI is InChI=1S/C23H18FN3O2S/c1-13-6-7-15(10-14(13)2)21(28)27-23(30)25-18-8-9-20-19(12-18)26-22(29-20)16-4-3-5-17(24)11-16/h3-12H,1-2H3,(H2,25,27,28,30). The van der Waals surface area contributed by atoms with Crippen molar-refractivity contribution in [2.75, 3.05) is 5.32 Å². The molecule has 0 unspecified atom stereocenters. The maximum Gasteiger partial charge on any atom is 0.257 e. The van der Waals surface area contributed by atoms with E-state index < -0.39 is 0 Å². The molecule has 0 bridgehead atoms. The van der Waals surface area contributed by atoms with E-state index in [0.29, 0.717) is 33.8 Å². The second-order valence-electron chi connectivity index (χ2n) is 6.92. The van der Waals surface area contributed by atoms with Gasteiger partial charge in [-0.15, -0.1) is 0 Å². The first-order valence-corrected chi connectivity index (χ1v) is 9.66. The number of benzene rings is 3. The number of aryl methyl sites for hydroxylation is 2. The fourth-order valence-corrected chi connectivity index (χ4v) is 3.18. The Labute approximate surface area is 177 Å². The lowest BCUT2D eigenvalue weighted by Gasteiger charge is -2.10. The third-order valence-electron chi connectivity index (χ3n) is 4.71. The number of carbonyl (C=O) groups excluding carboxylic acids is 1. The van der Waals surface area contributed by atoms with Gasteiger partial charge in [0.05, 0.1) is 0 Å². The van der Waals surface area contributed by atoms with E-state index in [-0.39, 0.29) is 16.8 Å². The van der Waals surface area contributed by atoms with Crippen molar-refractivity contribution in [2.45, 2.75) is 13.8 Å². The minimum Gasteiger partial charge on any atom is -0.436 e. The number of thiocarbonyl (C=S) groups is 1. The van der Waals surface area contributed by atoms with Crippen LogP contribution in [0.3, 0.4) is 0 Å². The monoisotopic (exact) mass is 419 g/mol. The van der Waals surface area contributed by atoms with E-state index in [9.17, 15) is 9.18 Å². The molecule has 0 saturated heterocycles. The molecule has 3 aromatic carbocycles. The average Bonchev–Trinajstić information content (AvgIpc) is 3.13. The number of nitrogens with one attached hydrogen (secondary N) is 2. The number of nitrogens with zero attached hydrogens (tertiary/aromatic N) is 1. The highest BCUT2D eigenvalue weighted by Crippen LogP contribution is 2.26. The summed E-state index contributed by atoms with van der Waals surface area (Å²) in [6.07, 6.45) is 0. The Kier molecular flexibility index (Phi) is 5.29. The molecular weight excluding hydrogens is 401 g/mol. The van der Waals surface area contributed by atoms with Crippen molar-refractivity contribution < 1.29 is 13.6 Å². The van der Waals surface area contributed by atoms with Crippen LogP contribution in [0.25, 0.3) is 22.6 Å². The number of hydrogen-bond donors (Lipinski definition) is 2. The number of amides is 1. The van der Waals surface area contributed by atoms with Crippen molar-refractivity contribution >= 4 is 40.0 Å². The minimum atomic E-state index is -0.359. The lowest BCUT2D eigenvalue weighted by atomic mass is 10.1. The van der Waals surface area contributed by atoms with Crippen molar-refractivity contribution in [2.24, 2.45) is 0 Å². The Balaban J connectivity index is 1.48. The lowest BCUT2D eigenvalue weighted by molar-refractivity contribution is 0.0977. The summed E-state index contributed by atoms with van der Waals surface area (Å²) in [7, 11) is 0. The fraction of sp³-hybridized carbons (Fsp3) is 0.0870. The third-order valence-corrected chi connectivity index (χ3v) is 4.92. The Morgan fingerprint density at radius 1 is 1.03 bits per heavy atom. The van der Waals surface area contributed by atoms with E-state index in [1.54, 1.807) is 36.4 Å². The second kappa shape index (κ2) is 8.04. The highest BCUT2D eigenvalue weighted by Gasteiger charge is 2.12. The molecule has 1 amide bonds. The van der Waals surface area contributed by atoms with Gasteiger partial charge in [-0.25, -0.2) is 9.37 Å². The molecule has 0 atom stereocenters. The average molecular weight is 419 g/mol. The summed E-state index contributed by atoms with van der Waals surface area (Å²) in [5.41, 5.74) is 5.03. The summed E-state index contributed by atoms with van der Waals surface area (Å²) < 4.78 is 19.2. The lowest BCUT2D eigenvalue weighted by Crippen LogP contribution is -2.34. The molecule has 0 saturated carbocycles. The van der Waals surface area contributed by atoms with Crippen LogP contribution in [-0.2, 0) is 0 Å². The summed E-state index contributed by atoms with van der Waals surface area (Å²) in [5, 5.41) is 5.82. The van der Waals surface area contributed by atoms with Crippen molar-refractivity contribution in [3.8, 4) is 11.5 Å². The molecular formula is C23H18FN3O2S. The van der Waals surface area contributed by atoms with Crippen molar-refractivity contribution in [3.63, 3.8) is 0 Å². The maximum absolute atomic E-state index is 13.5. The highest BCUT2D eigenvalue weighted by molar-refractivity contribution is 7.80. The molecule has 4 rings (SSSR count). The van der Waals surface area contributed by atoms with Gasteiger partial charge >= 0.3 is 0 Å². The van der Waals surface area contributed by atoms with Crippen LogP contribution in [0.1, 0.15) is 21.5 Å². The predicted octanol–water partition coefficient (Wildman–Crippen LogP) is 5.38. The van der Waals surface area contributed by atoms with E-state index in [1.807, 2.05) is 26.0 Å². The number of hydrogen-bond acceptors (Lipinski definition) is 4. The molecule has 0 spiro atoms. The zero-order chi connectivity index (χ0) is 21.3. The van der Waals surface area contributed by atoms with Crippen molar-refractivity contribution in [1.29, 1.82) is 0 Å². The molecule has 30 heavy (non-hydrogen) atoms. The van der Waals surface area contributed by atoms with E-state index in [4.69, 9.17) is 16.6 Å². The van der Waals surface area contributed by atoms with Gasteiger partial charge in [-0.1, -0.05) is 12.1 Å². The number of rotatable bonds is 3. The summed E-state index contributed by atoms with van der Waals surface area (Å²) in [6, 6.07) is 16.8. The first kappa shape index (κ1) is 19.7. The summed E-state index contributed by atoms with van der Waals surface area (Å²) in [5.74, 6) is -0.319. The van der Waals surface area contributed by atoms with Crippen molar-refractivity contribution in [1.82, 2.24) is 10.3 Å². The largest absolute Gasteiger partial charge is 0.436 e. The van der Waals surface area contributed by atoms with E-state index in [1.165, 1.54) is 12.1 Å². The summed E-state index contributed by atoms with van der Waals surface area (Å²) in [6.45, 7) is 3.94. The molecule has 4 aromatic rings. The molecule has 1 heterocycles. The molecule has 150 valence electrons. The smallest absolute Gasteiger partial charge is 0.257 e. The van der Waals surface area contributed by atoms with Crippen LogP contribution < -0.4 is 10.6 Å². The Bertz CT molecular complexity index is 1280. The zero-order valence-corrected chi connectivity index (χ0v) is 17.1. The number of carbonyl (C=O) groups is 1. The van der Waals surface area contributed by atoms with Gasteiger partial charge in [0.2, 0.25) is 5.89 Å². The molecule has 0 radical (unpaired) electrons. The first-order valence-electron chi connectivity index (χ1n) is 9.25. The van der Waals surface area contributed by atoms with Crippen LogP contribution in [0.5, 0.6) is 0 Å². The number of fused-ring (bicyclic) bond motifs is 1. The quantitative estimate of drug-likeness (QED) is 0.437. The molecule has 0 aliphatic rings. The Morgan fingerprint density at radius 2 is 1.87 bits per heavy atom. The van der Waals surface area contributed by atoms with Gasteiger partial charge in [0.15, 0.2) is 10.7 Å². The molecule has 1 aromatic heterocycles. The van der Waals surface area contributed by atoms with Crippen molar-refractivity contribution in [3.05, 3.63) is 83.2 Å². The topological polar surface area (TPSA) is 67.2 Å². The summed E-state index contributed by atoms with van der Waals surface area (Å²) >= 11 is 5.26. The highest BCUT2D eigenvalue weighted by atomic mass is 32.1. The van der Waals surface area contributed by atoms with Crippen LogP contribution in [0, 0.1) is 19.7 Å². The van der Waals surface area contributed by atoms with Gasteiger partial charge in [0.25, 0.3) is 5.91 Å². The van der Waals surface area contributed by atoms with Crippen LogP contribution in [0.15, 0.2) is 65.1 Å². The SMILES string of the molecule is Cc1ccc(C(=O)NC(=S)Nc2ccc3oc(-c4cccc(F)c4)nc3c2)cc1C. The molecule has 0 aliphatic heterocycles. The van der Waals surface area contributed by atoms with Gasteiger partial charge in [0, 0.05) is 16.8 Å². The second-order valence-corrected chi connectivity index (χ2v) is 7.33. The van der Waals surface area contributed by atoms with Crippen LogP contribution in [0.4, 0.5) is 10.1 Å². The number of anilines is 1. The Hall–Kier alpha value is -3.58. The number of oxazole rings is 1. The van der Waals surface area contributed by atoms with Gasteiger partial charge in [-0.3, -0.25) is 10.1 Å². The number of halogens is 1. The molecule has 7 heteroatoms. The molecule has 0 fully saturated rings. The minimum absolute atomic E-state index is 0.173. The van der Waals surface area contributed by atoms with Crippen LogP contribution >= 0.6 is 12.2 Å². The van der Waals surface area contributed by atoms with Gasteiger partial charge in [0.1, 0.15) is 11.3 Å². The first-order chi connectivity index (χ1) is 14.4. The Morgan fingerprint density at radius 3 is 2.63 bits per heavy atom.